The van der Waals surface area contributed by atoms with Gasteiger partial charge >= 0.3 is 5.97 Å². The Bertz CT molecular complexity index is 1080. The highest BCUT2D eigenvalue weighted by molar-refractivity contribution is 8.18. The van der Waals surface area contributed by atoms with Crippen LogP contribution in [0.2, 0.25) is 0 Å². The predicted octanol–water partition coefficient (Wildman–Crippen LogP) is 3.02. The van der Waals surface area contributed by atoms with Gasteiger partial charge in [0.2, 0.25) is 11.8 Å². The van der Waals surface area contributed by atoms with Crippen LogP contribution < -0.4 is 10.6 Å². The molecular weight excluding hydrogens is 434 g/mol. The molecule has 0 saturated carbocycles. The van der Waals surface area contributed by atoms with Gasteiger partial charge in [0, 0.05) is 17.5 Å². The number of carbonyl (C=O) groups is 5. The minimum absolute atomic E-state index is 0.0943. The summed E-state index contributed by atoms with van der Waals surface area (Å²) in [6.07, 6.45) is 0.999. The number of benzene rings is 2. The first-order valence-corrected chi connectivity index (χ1v) is 10.4. The number of para-hydroxylation sites is 1. The molecule has 32 heavy (non-hydrogen) atoms. The van der Waals surface area contributed by atoms with Gasteiger partial charge in [0.05, 0.1) is 17.1 Å². The van der Waals surface area contributed by atoms with Gasteiger partial charge in [-0.15, -0.1) is 0 Å². The van der Waals surface area contributed by atoms with E-state index in [1.165, 1.54) is 24.3 Å². The summed E-state index contributed by atoms with van der Waals surface area (Å²) in [6.45, 7) is 1.48. The zero-order valence-corrected chi connectivity index (χ0v) is 17.8. The van der Waals surface area contributed by atoms with Gasteiger partial charge < -0.3 is 15.4 Å². The second-order valence-corrected chi connectivity index (χ2v) is 7.46. The van der Waals surface area contributed by atoms with Crippen molar-refractivity contribution in [3.63, 3.8) is 0 Å². The van der Waals surface area contributed by atoms with Crippen LogP contribution in [-0.4, -0.2) is 47.0 Å². The Morgan fingerprint density at radius 2 is 1.62 bits per heavy atom. The van der Waals surface area contributed by atoms with E-state index >= 15 is 0 Å². The molecule has 0 unspecified atom stereocenters. The van der Waals surface area contributed by atoms with E-state index in [1.807, 2.05) is 0 Å². The minimum atomic E-state index is -0.726. The molecule has 1 heterocycles. The molecule has 9 nitrogen and oxygen atoms in total. The third kappa shape index (κ3) is 5.82. The zero-order valence-electron chi connectivity index (χ0n) is 17.0. The fourth-order valence-corrected chi connectivity index (χ4v) is 3.51. The topological polar surface area (TPSA) is 122 Å². The smallest absolute Gasteiger partial charge is 0.338 e. The summed E-state index contributed by atoms with van der Waals surface area (Å²) in [6, 6.07) is 14.6. The number of imide groups is 1. The van der Waals surface area contributed by atoms with E-state index in [9.17, 15) is 24.0 Å². The SMILES string of the molecule is CCOC(=O)c1ccc(NC(=O)C=C2SC(=O)N(CC(=O)Nc3ccccc3)C2=O)cc1. The van der Waals surface area contributed by atoms with Crippen LogP contribution in [0.4, 0.5) is 16.2 Å². The normalized spacial score (nSPS) is 14.4. The highest BCUT2D eigenvalue weighted by Crippen LogP contribution is 2.30. The van der Waals surface area contributed by atoms with Crippen LogP contribution in [0.25, 0.3) is 0 Å². The van der Waals surface area contributed by atoms with E-state index in [0.717, 1.165) is 11.0 Å². The average molecular weight is 453 g/mol. The number of hydrogen-bond donors (Lipinski definition) is 2. The summed E-state index contributed by atoms with van der Waals surface area (Å²) < 4.78 is 4.89. The summed E-state index contributed by atoms with van der Waals surface area (Å²) in [7, 11) is 0. The average Bonchev–Trinajstić information content (AvgIpc) is 3.02. The van der Waals surface area contributed by atoms with Gasteiger partial charge in [-0.1, -0.05) is 18.2 Å². The van der Waals surface area contributed by atoms with Crippen LogP contribution in [-0.2, 0) is 19.1 Å². The Balaban J connectivity index is 1.59. The van der Waals surface area contributed by atoms with Gasteiger partial charge in [-0.05, 0) is 55.1 Å². The maximum Gasteiger partial charge on any atom is 0.338 e. The number of nitrogens with one attached hydrogen (secondary N) is 2. The number of thioether (sulfide) groups is 1. The van der Waals surface area contributed by atoms with Gasteiger partial charge in [-0.3, -0.25) is 24.1 Å². The molecule has 4 amide bonds. The second-order valence-electron chi connectivity index (χ2n) is 6.47. The zero-order chi connectivity index (χ0) is 23.1. The number of rotatable bonds is 7. The lowest BCUT2D eigenvalue weighted by molar-refractivity contribution is -0.127. The molecule has 164 valence electrons. The number of carbonyl (C=O) groups excluding carboxylic acids is 5. The van der Waals surface area contributed by atoms with Crippen LogP contribution >= 0.6 is 11.8 Å². The Hall–Kier alpha value is -3.92. The molecule has 10 heteroatoms. The van der Waals surface area contributed by atoms with Gasteiger partial charge in [0.15, 0.2) is 0 Å². The largest absolute Gasteiger partial charge is 0.462 e. The molecule has 0 aromatic heterocycles. The maximum atomic E-state index is 12.5. The number of nitrogens with zero attached hydrogens (tertiary/aromatic N) is 1. The molecule has 0 aliphatic carbocycles. The predicted molar refractivity (Wildman–Crippen MR) is 119 cm³/mol. The summed E-state index contributed by atoms with van der Waals surface area (Å²) >= 11 is 0.577. The van der Waals surface area contributed by atoms with Gasteiger partial charge in [0.1, 0.15) is 6.54 Å². The lowest BCUT2D eigenvalue weighted by atomic mass is 10.2. The lowest BCUT2D eigenvalue weighted by Crippen LogP contribution is -2.36. The summed E-state index contributed by atoms with van der Waals surface area (Å²) in [5, 5.41) is 4.50. The number of esters is 1. The Morgan fingerprint density at radius 1 is 0.969 bits per heavy atom. The molecule has 0 radical (unpaired) electrons. The van der Waals surface area contributed by atoms with Crippen LogP contribution in [0.3, 0.4) is 0 Å². The van der Waals surface area contributed by atoms with E-state index < -0.39 is 35.5 Å². The van der Waals surface area contributed by atoms with E-state index in [-0.39, 0.29) is 11.5 Å². The lowest BCUT2D eigenvalue weighted by Gasteiger charge is -2.12. The van der Waals surface area contributed by atoms with Gasteiger partial charge in [-0.2, -0.15) is 0 Å². The van der Waals surface area contributed by atoms with E-state index in [4.69, 9.17) is 4.74 Å². The van der Waals surface area contributed by atoms with Crippen molar-refractivity contribution in [2.75, 3.05) is 23.8 Å². The highest BCUT2D eigenvalue weighted by Gasteiger charge is 2.36. The molecule has 3 rings (SSSR count). The Labute approximate surface area is 187 Å². The van der Waals surface area contributed by atoms with Crippen LogP contribution in [0.1, 0.15) is 17.3 Å². The van der Waals surface area contributed by atoms with Crippen molar-refractivity contribution in [2.45, 2.75) is 6.92 Å². The molecule has 2 N–H and O–H groups in total. The molecule has 0 bridgehead atoms. The fourth-order valence-electron chi connectivity index (χ4n) is 2.70. The summed E-state index contributed by atoms with van der Waals surface area (Å²) in [5.41, 5.74) is 1.26. The first-order chi connectivity index (χ1) is 15.4. The molecule has 1 fully saturated rings. The second kappa shape index (κ2) is 10.4. The van der Waals surface area contributed by atoms with E-state index in [2.05, 4.69) is 10.6 Å². The molecule has 1 aliphatic rings. The van der Waals surface area contributed by atoms with Crippen molar-refractivity contribution in [3.8, 4) is 0 Å². The number of anilines is 2. The molecule has 0 spiro atoms. The monoisotopic (exact) mass is 453 g/mol. The number of ether oxygens (including phenoxy) is 1. The molecular formula is C22H19N3O6S. The minimum Gasteiger partial charge on any atom is -0.462 e. The summed E-state index contributed by atoms with van der Waals surface area (Å²) in [4.78, 5) is 61.4. The quantitative estimate of drug-likeness (QED) is 0.488. The van der Waals surface area contributed by atoms with Crippen molar-refractivity contribution >= 4 is 52.1 Å². The number of amides is 4. The molecule has 0 atom stereocenters. The summed E-state index contributed by atoms with van der Waals surface area (Å²) in [5.74, 6) is -2.37. The molecule has 2 aromatic carbocycles. The molecule has 1 saturated heterocycles. The first kappa shape index (κ1) is 22.8. The van der Waals surface area contributed by atoms with Crippen molar-refractivity contribution in [2.24, 2.45) is 0 Å². The van der Waals surface area contributed by atoms with Gasteiger partial charge in [0.25, 0.3) is 11.1 Å². The molecule has 1 aliphatic heterocycles. The van der Waals surface area contributed by atoms with Crippen molar-refractivity contribution in [3.05, 3.63) is 71.1 Å². The van der Waals surface area contributed by atoms with E-state index in [0.29, 0.717) is 28.7 Å². The van der Waals surface area contributed by atoms with Crippen molar-refractivity contribution in [1.82, 2.24) is 4.90 Å². The standard InChI is InChI=1S/C22H19N3O6S/c1-2-31-21(29)14-8-10-16(11-9-14)23-18(26)12-17-20(28)25(22(30)32-17)13-19(27)24-15-6-4-3-5-7-15/h3-12H,2,13H2,1H3,(H,23,26)(H,24,27). The number of hydrogen-bond acceptors (Lipinski definition) is 7. The maximum absolute atomic E-state index is 12.5. The van der Waals surface area contributed by atoms with Crippen LogP contribution in [0.5, 0.6) is 0 Å². The highest BCUT2D eigenvalue weighted by atomic mass is 32.2. The Morgan fingerprint density at radius 3 is 2.28 bits per heavy atom. The molecule has 2 aromatic rings. The third-order valence-corrected chi connectivity index (χ3v) is 5.07. The van der Waals surface area contributed by atoms with Crippen LogP contribution in [0, 0.1) is 0 Å². The first-order valence-electron chi connectivity index (χ1n) is 9.56. The third-order valence-electron chi connectivity index (χ3n) is 4.16. The van der Waals surface area contributed by atoms with E-state index in [1.54, 1.807) is 37.3 Å². The van der Waals surface area contributed by atoms with Crippen molar-refractivity contribution in [1.29, 1.82) is 0 Å². The van der Waals surface area contributed by atoms with Crippen molar-refractivity contribution < 1.29 is 28.7 Å². The fraction of sp³-hybridized carbons (Fsp3) is 0.136. The Kier molecular flexibility index (Phi) is 7.40. The van der Waals surface area contributed by atoms with Gasteiger partial charge in [-0.25, -0.2) is 4.79 Å². The van der Waals surface area contributed by atoms with Crippen LogP contribution in [0.15, 0.2) is 65.6 Å².